The fraction of sp³-hybridized carbons (Fsp3) is 0.167. The molecule has 0 saturated carbocycles. The van der Waals surface area contributed by atoms with Gasteiger partial charge in [-0.1, -0.05) is 11.2 Å². The van der Waals surface area contributed by atoms with Gasteiger partial charge in [-0.3, -0.25) is 10.1 Å². The zero-order valence-corrected chi connectivity index (χ0v) is 13.9. The molecule has 8 nitrogen and oxygen atoms in total. The quantitative estimate of drug-likeness (QED) is 0.753. The summed E-state index contributed by atoms with van der Waals surface area (Å²) in [5.41, 5.74) is 1.52. The van der Waals surface area contributed by atoms with Gasteiger partial charge in [0.15, 0.2) is 11.5 Å². The van der Waals surface area contributed by atoms with Gasteiger partial charge in [-0.25, -0.2) is 0 Å². The highest BCUT2D eigenvalue weighted by atomic mass is 16.7. The summed E-state index contributed by atoms with van der Waals surface area (Å²) in [5.74, 6) is 2.08. The van der Waals surface area contributed by atoms with Crippen LogP contribution in [0.15, 0.2) is 46.9 Å². The van der Waals surface area contributed by atoms with Crippen LogP contribution in [-0.4, -0.2) is 30.0 Å². The van der Waals surface area contributed by atoms with Crippen LogP contribution in [-0.2, 0) is 11.2 Å². The molecule has 1 aliphatic rings. The van der Waals surface area contributed by atoms with Gasteiger partial charge in [-0.05, 0) is 42.0 Å². The molecule has 0 saturated heterocycles. The Kier molecular flexibility index (Phi) is 4.14. The zero-order chi connectivity index (χ0) is 17.9. The molecule has 0 atom stereocenters. The van der Waals surface area contributed by atoms with Gasteiger partial charge >= 0.3 is 6.01 Å². The number of aromatic nitrogens is 2. The van der Waals surface area contributed by atoms with Crippen molar-refractivity contribution in [2.24, 2.45) is 0 Å². The molecular weight excluding hydrogens is 338 g/mol. The molecule has 0 aliphatic carbocycles. The van der Waals surface area contributed by atoms with E-state index in [-0.39, 0.29) is 25.1 Å². The molecule has 2 heterocycles. The highest BCUT2D eigenvalue weighted by molar-refractivity contribution is 5.90. The van der Waals surface area contributed by atoms with Crippen molar-refractivity contribution < 1.29 is 23.4 Å². The Hall–Kier alpha value is -3.55. The Morgan fingerprint density at radius 3 is 2.73 bits per heavy atom. The van der Waals surface area contributed by atoms with Gasteiger partial charge < -0.3 is 18.6 Å². The Morgan fingerprint density at radius 1 is 1.12 bits per heavy atom. The van der Waals surface area contributed by atoms with E-state index in [1.165, 1.54) is 0 Å². The van der Waals surface area contributed by atoms with Gasteiger partial charge in [-0.15, -0.1) is 5.10 Å². The van der Waals surface area contributed by atoms with Crippen LogP contribution in [0.5, 0.6) is 17.2 Å². The molecule has 2 aromatic carbocycles. The van der Waals surface area contributed by atoms with Crippen molar-refractivity contribution in [3.63, 3.8) is 0 Å². The maximum Gasteiger partial charge on any atom is 0.322 e. The number of benzene rings is 2. The second-order valence-electron chi connectivity index (χ2n) is 5.55. The van der Waals surface area contributed by atoms with Crippen LogP contribution in [0.2, 0.25) is 0 Å². The summed E-state index contributed by atoms with van der Waals surface area (Å²) >= 11 is 0. The molecule has 8 heteroatoms. The van der Waals surface area contributed by atoms with Gasteiger partial charge in [-0.2, -0.15) is 0 Å². The molecular formula is C18H15N3O5. The smallest absolute Gasteiger partial charge is 0.322 e. The van der Waals surface area contributed by atoms with Crippen LogP contribution in [0, 0.1) is 0 Å². The summed E-state index contributed by atoms with van der Waals surface area (Å²) in [6, 6.07) is 12.6. The van der Waals surface area contributed by atoms with E-state index < -0.39 is 0 Å². The first-order valence-corrected chi connectivity index (χ1v) is 7.87. The summed E-state index contributed by atoms with van der Waals surface area (Å²) in [6.07, 6.45) is 0.150. The van der Waals surface area contributed by atoms with Gasteiger partial charge in [0.05, 0.1) is 13.5 Å². The number of amides is 1. The Balaban J connectivity index is 1.41. The first-order valence-electron chi connectivity index (χ1n) is 7.87. The summed E-state index contributed by atoms with van der Waals surface area (Å²) in [7, 11) is 1.59. The zero-order valence-electron chi connectivity index (χ0n) is 13.9. The largest absolute Gasteiger partial charge is 0.497 e. The van der Waals surface area contributed by atoms with Crippen LogP contribution in [0.3, 0.4) is 0 Å². The summed E-state index contributed by atoms with van der Waals surface area (Å²) in [6.45, 7) is 0.196. The van der Waals surface area contributed by atoms with Gasteiger partial charge in [0, 0.05) is 5.56 Å². The maximum atomic E-state index is 12.2. The molecule has 132 valence electrons. The molecule has 0 radical (unpaired) electrons. The standard InChI is InChI=1S/C18H15N3O5/c1-23-13-5-3-12(4-6-13)17-20-21-18(26-17)19-16(22)9-11-2-7-14-15(8-11)25-10-24-14/h2-8H,9-10H2,1H3,(H,19,21,22). The van der Waals surface area contributed by atoms with Crippen molar-refractivity contribution >= 4 is 11.9 Å². The van der Waals surface area contributed by atoms with Crippen molar-refractivity contribution in [2.45, 2.75) is 6.42 Å². The molecule has 1 amide bonds. The number of rotatable bonds is 5. The van der Waals surface area contributed by atoms with E-state index in [9.17, 15) is 4.79 Å². The lowest BCUT2D eigenvalue weighted by Gasteiger charge is -2.03. The lowest BCUT2D eigenvalue weighted by atomic mass is 10.1. The monoisotopic (exact) mass is 353 g/mol. The molecule has 0 fully saturated rings. The summed E-state index contributed by atoms with van der Waals surface area (Å²) in [4.78, 5) is 12.2. The number of nitrogens with one attached hydrogen (secondary N) is 1. The van der Waals surface area contributed by atoms with E-state index in [2.05, 4.69) is 15.5 Å². The Morgan fingerprint density at radius 2 is 1.92 bits per heavy atom. The summed E-state index contributed by atoms with van der Waals surface area (Å²) < 4.78 is 21.1. The number of carbonyl (C=O) groups excluding carboxylic acids is 1. The molecule has 1 aromatic heterocycles. The number of hydrogen-bond acceptors (Lipinski definition) is 7. The molecule has 4 rings (SSSR count). The lowest BCUT2D eigenvalue weighted by molar-refractivity contribution is -0.115. The third-order valence-electron chi connectivity index (χ3n) is 3.81. The van der Waals surface area contributed by atoms with E-state index in [1.54, 1.807) is 43.5 Å². The highest BCUT2D eigenvalue weighted by Crippen LogP contribution is 2.32. The van der Waals surface area contributed by atoms with Crippen LogP contribution in [0.4, 0.5) is 6.01 Å². The number of hydrogen-bond donors (Lipinski definition) is 1. The van der Waals surface area contributed by atoms with Crippen molar-refractivity contribution in [1.29, 1.82) is 0 Å². The van der Waals surface area contributed by atoms with Gasteiger partial charge in [0.25, 0.3) is 0 Å². The third-order valence-corrected chi connectivity index (χ3v) is 3.81. The number of ether oxygens (including phenoxy) is 3. The predicted octanol–water partition coefficient (Wildman–Crippen LogP) is 2.66. The number of anilines is 1. The first-order chi connectivity index (χ1) is 12.7. The minimum atomic E-state index is -0.270. The maximum absolute atomic E-state index is 12.2. The van der Waals surface area contributed by atoms with Crippen molar-refractivity contribution in [1.82, 2.24) is 10.2 Å². The minimum Gasteiger partial charge on any atom is -0.497 e. The Labute approximate surface area is 148 Å². The highest BCUT2D eigenvalue weighted by Gasteiger charge is 2.16. The molecule has 0 unspecified atom stereocenters. The van der Waals surface area contributed by atoms with Crippen molar-refractivity contribution in [2.75, 3.05) is 19.2 Å². The van der Waals surface area contributed by atoms with E-state index in [1.807, 2.05) is 6.07 Å². The summed E-state index contributed by atoms with van der Waals surface area (Å²) in [5, 5.41) is 10.4. The second kappa shape index (κ2) is 6.75. The second-order valence-corrected chi connectivity index (χ2v) is 5.55. The van der Waals surface area contributed by atoms with Crippen LogP contribution in [0.25, 0.3) is 11.5 Å². The van der Waals surface area contributed by atoms with Gasteiger partial charge in [0.2, 0.25) is 18.6 Å². The van der Waals surface area contributed by atoms with Crippen molar-refractivity contribution in [3.05, 3.63) is 48.0 Å². The SMILES string of the molecule is COc1ccc(-c2nnc(NC(=O)Cc3ccc4c(c3)OCO4)o2)cc1. The molecule has 1 N–H and O–H groups in total. The number of fused-ring (bicyclic) bond motifs is 1. The molecule has 3 aromatic rings. The predicted molar refractivity (Wildman–Crippen MR) is 91.2 cm³/mol. The minimum absolute atomic E-state index is 0.0431. The fourth-order valence-corrected chi connectivity index (χ4v) is 2.52. The van der Waals surface area contributed by atoms with Crippen LogP contribution in [0.1, 0.15) is 5.56 Å². The van der Waals surface area contributed by atoms with Crippen molar-refractivity contribution in [3.8, 4) is 28.7 Å². The third kappa shape index (κ3) is 3.30. The average Bonchev–Trinajstić information content (AvgIpc) is 3.30. The van der Waals surface area contributed by atoms with Crippen LogP contribution >= 0.6 is 0 Å². The number of carbonyl (C=O) groups is 1. The average molecular weight is 353 g/mol. The van der Waals surface area contributed by atoms with Gasteiger partial charge in [0.1, 0.15) is 5.75 Å². The van der Waals surface area contributed by atoms with E-state index in [0.29, 0.717) is 17.4 Å². The van der Waals surface area contributed by atoms with Crippen LogP contribution < -0.4 is 19.5 Å². The normalized spacial score (nSPS) is 12.0. The van der Waals surface area contributed by atoms with E-state index in [0.717, 1.165) is 16.9 Å². The molecule has 26 heavy (non-hydrogen) atoms. The van der Waals surface area contributed by atoms with E-state index in [4.69, 9.17) is 18.6 Å². The molecule has 1 aliphatic heterocycles. The fourth-order valence-electron chi connectivity index (χ4n) is 2.52. The number of nitrogens with zero attached hydrogens (tertiary/aromatic N) is 2. The topological polar surface area (TPSA) is 95.7 Å². The van der Waals surface area contributed by atoms with E-state index >= 15 is 0 Å². The molecule has 0 spiro atoms. The Bertz CT molecular complexity index is 936. The lowest BCUT2D eigenvalue weighted by Crippen LogP contribution is -2.14. The number of methoxy groups -OCH3 is 1. The first kappa shape index (κ1) is 15.9. The molecule has 0 bridgehead atoms.